The monoisotopic (exact) mass is 376 g/mol. The summed E-state index contributed by atoms with van der Waals surface area (Å²) in [7, 11) is 0. The van der Waals surface area contributed by atoms with Crippen LogP contribution in [0, 0.1) is 20.2 Å². The van der Waals surface area contributed by atoms with E-state index < -0.39 is 15.5 Å². The summed E-state index contributed by atoms with van der Waals surface area (Å²) >= 11 is 5.90. The van der Waals surface area contributed by atoms with Gasteiger partial charge in [0.2, 0.25) is 0 Å². The zero-order valence-corrected chi connectivity index (χ0v) is 14.8. The van der Waals surface area contributed by atoms with Crippen molar-refractivity contribution in [3.8, 4) is 0 Å². The minimum Gasteiger partial charge on any atom is -0.271 e. The van der Waals surface area contributed by atoms with E-state index in [2.05, 4.69) is 10.5 Å². The van der Waals surface area contributed by atoms with Gasteiger partial charge in [0.05, 0.1) is 21.6 Å². The Morgan fingerprint density at radius 2 is 1.81 bits per heavy atom. The fourth-order valence-electron chi connectivity index (χ4n) is 2.26. The molecule has 0 heterocycles. The number of nitrogens with one attached hydrogen (secondary N) is 1. The Morgan fingerprint density at radius 3 is 2.38 bits per heavy atom. The minimum atomic E-state index is -0.682. The molecule has 2 aromatic rings. The maximum Gasteiger partial charge on any atom is 0.301 e. The third-order valence-electron chi connectivity index (χ3n) is 3.64. The molecule has 2 rings (SSSR count). The standard InChI is InChI=1S/C17H17ClN4O4/c1-2-3-4-15(12-5-7-13(18)8-6-12)19-20-16-10-9-14(21(23)24)11-17(16)22(25)26/h5-11,20H,2-4H2,1H3/b19-15-. The zero-order chi connectivity index (χ0) is 19.1. The topological polar surface area (TPSA) is 111 Å². The molecular formula is C17H17ClN4O4. The van der Waals surface area contributed by atoms with E-state index in [1.54, 1.807) is 12.1 Å². The Hall–Kier alpha value is -3.00. The van der Waals surface area contributed by atoms with Crippen LogP contribution in [0.4, 0.5) is 17.1 Å². The fourth-order valence-corrected chi connectivity index (χ4v) is 2.38. The Labute approximate surface area is 154 Å². The van der Waals surface area contributed by atoms with Gasteiger partial charge in [0.1, 0.15) is 5.69 Å². The molecule has 0 amide bonds. The molecule has 0 saturated carbocycles. The molecule has 136 valence electrons. The van der Waals surface area contributed by atoms with Gasteiger partial charge < -0.3 is 0 Å². The van der Waals surface area contributed by atoms with Crippen LogP contribution in [0.5, 0.6) is 0 Å². The molecule has 26 heavy (non-hydrogen) atoms. The molecule has 0 atom stereocenters. The van der Waals surface area contributed by atoms with Crippen LogP contribution >= 0.6 is 11.6 Å². The van der Waals surface area contributed by atoms with Gasteiger partial charge in [-0.25, -0.2) is 0 Å². The molecule has 9 heteroatoms. The highest BCUT2D eigenvalue weighted by Gasteiger charge is 2.19. The quantitative estimate of drug-likeness (QED) is 0.388. The van der Waals surface area contributed by atoms with E-state index in [1.165, 1.54) is 12.1 Å². The van der Waals surface area contributed by atoms with Crippen LogP contribution in [0.25, 0.3) is 0 Å². The maximum atomic E-state index is 11.2. The van der Waals surface area contributed by atoms with Crippen LogP contribution in [0.3, 0.4) is 0 Å². The lowest BCUT2D eigenvalue weighted by molar-refractivity contribution is -0.393. The number of non-ortho nitro benzene ring substituents is 1. The van der Waals surface area contributed by atoms with Crippen molar-refractivity contribution in [2.75, 3.05) is 5.43 Å². The van der Waals surface area contributed by atoms with Crippen molar-refractivity contribution in [3.63, 3.8) is 0 Å². The highest BCUT2D eigenvalue weighted by atomic mass is 35.5. The number of halogens is 1. The molecule has 0 saturated heterocycles. The number of rotatable bonds is 8. The van der Waals surface area contributed by atoms with Crippen LogP contribution in [0.1, 0.15) is 31.7 Å². The van der Waals surface area contributed by atoms with E-state index >= 15 is 0 Å². The molecule has 0 aliphatic rings. The zero-order valence-electron chi connectivity index (χ0n) is 14.0. The van der Waals surface area contributed by atoms with Crippen molar-refractivity contribution in [1.29, 1.82) is 0 Å². The van der Waals surface area contributed by atoms with Gasteiger partial charge in [-0.2, -0.15) is 5.10 Å². The van der Waals surface area contributed by atoms with E-state index in [0.717, 1.165) is 30.2 Å². The second-order valence-corrected chi connectivity index (χ2v) is 5.93. The Kier molecular flexibility index (Phi) is 6.62. The average Bonchev–Trinajstić information content (AvgIpc) is 2.62. The molecular weight excluding hydrogens is 360 g/mol. The van der Waals surface area contributed by atoms with Crippen molar-refractivity contribution in [2.24, 2.45) is 5.10 Å². The molecule has 1 N–H and O–H groups in total. The van der Waals surface area contributed by atoms with Gasteiger partial charge in [0, 0.05) is 11.1 Å². The summed E-state index contributed by atoms with van der Waals surface area (Å²) in [5.74, 6) is 0. The lowest BCUT2D eigenvalue weighted by atomic mass is 10.1. The highest BCUT2D eigenvalue weighted by molar-refractivity contribution is 6.30. The predicted molar refractivity (Wildman–Crippen MR) is 101 cm³/mol. The second kappa shape index (κ2) is 8.91. The molecule has 0 radical (unpaired) electrons. The number of nitrogens with zero attached hydrogens (tertiary/aromatic N) is 3. The molecule has 0 aliphatic heterocycles. The SMILES string of the molecule is CCCC/C(=N/Nc1ccc([N+](=O)[O-])cc1[N+](=O)[O-])c1ccc(Cl)cc1. The molecule has 0 aliphatic carbocycles. The second-order valence-electron chi connectivity index (χ2n) is 5.50. The van der Waals surface area contributed by atoms with Gasteiger partial charge in [-0.3, -0.25) is 25.7 Å². The first-order valence-electron chi connectivity index (χ1n) is 7.93. The van der Waals surface area contributed by atoms with Gasteiger partial charge in [0.15, 0.2) is 0 Å². The summed E-state index contributed by atoms with van der Waals surface area (Å²) in [5.41, 5.74) is 3.57. The number of hydrogen-bond acceptors (Lipinski definition) is 6. The first-order valence-corrected chi connectivity index (χ1v) is 8.31. The molecule has 0 bridgehead atoms. The summed E-state index contributed by atoms with van der Waals surface area (Å²) in [6.07, 6.45) is 2.53. The molecule has 0 fully saturated rings. The molecule has 8 nitrogen and oxygen atoms in total. The number of hydrazone groups is 1. The molecule has 0 spiro atoms. The number of hydrogen-bond donors (Lipinski definition) is 1. The molecule has 0 aromatic heterocycles. The highest BCUT2D eigenvalue weighted by Crippen LogP contribution is 2.29. The first-order chi connectivity index (χ1) is 12.4. The van der Waals surface area contributed by atoms with Gasteiger partial charge in [-0.05, 0) is 36.6 Å². The van der Waals surface area contributed by atoms with Gasteiger partial charge in [-0.1, -0.05) is 37.1 Å². The van der Waals surface area contributed by atoms with Crippen LogP contribution in [0.15, 0.2) is 47.6 Å². The van der Waals surface area contributed by atoms with Crippen molar-refractivity contribution < 1.29 is 9.85 Å². The van der Waals surface area contributed by atoms with Crippen molar-refractivity contribution in [1.82, 2.24) is 0 Å². The van der Waals surface area contributed by atoms with Crippen molar-refractivity contribution in [2.45, 2.75) is 26.2 Å². The van der Waals surface area contributed by atoms with E-state index in [9.17, 15) is 20.2 Å². The summed E-state index contributed by atoms with van der Waals surface area (Å²) in [6.45, 7) is 2.05. The van der Waals surface area contributed by atoms with Crippen molar-refractivity contribution >= 4 is 34.4 Å². The number of benzene rings is 2. The summed E-state index contributed by atoms with van der Waals surface area (Å²) in [6, 6.07) is 10.5. The van der Waals surface area contributed by atoms with Gasteiger partial charge in [-0.15, -0.1) is 0 Å². The predicted octanol–water partition coefficient (Wildman–Crippen LogP) is 5.16. The Balaban J connectivity index is 2.34. The van der Waals surface area contributed by atoms with Crippen molar-refractivity contribution in [3.05, 3.63) is 73.3 Å². The largest absolute Gasteiger partial charge is 0.301 e. The number of unbranched alkanes of at least 4 members (excludes halogenated alkanes) is 1. The Morgan fingerprint density at radius 1 is 1.12 bits per heavy atom. The third-order valence-corrected chi connectivity index (χ3v) is 3.90. The normalized spacial score (nSPS) is 11.2. The number of nitro groups is 2. The first kappa shape index (κ1) is 19.3. The third kappa shape index (κ3) is 5.00. The number of anilines is 1. The lowest BCUT2D eigenvalue weighted by Crippen LogP contribution is -2.06. The number of nitro benzene ring substituents is 2. The van der Waals surface area contributed by atoms with Crippen LogP contribution < -0.4 is 5.43 Å². The van der Waals surface area contributed by atoms with Gasteiger partial charge >= 0.3 is 5.69 Å². The van der Waals surface area contributed by atoms with Crippen LogP contribution in [-0.2, 0) is 0 Å². The molecule has 2 aromatic carbocycles. The van der Waals surface area contributed by atoms with E-state index in [-0.39, 0.29) is 11.4 Å². The lowest BCUT2D eigenvalue weighted by Gasteiger charge is -2.08. The fraction of sp³-hybridized carbons (Fsp3) is 0.235. The minimum absolute atomic E-state index is 0.0866. The average molecular weight is 377 g/mol. The van der Waals surface area contributed by atoms with E-state index in [0.29, 0.717) is 11.4 Å². The van der Waals surface area contributed by atoms with Crippen LogP contribution in [-0.4, -0.2) is 15.6 Å². The smallest absolute Gasteiger partial charge is 0.271 e. The maximum absolute atomic E-state index is 11.2. The van der Waals surface area contributed by atoms with E-state index in [4.69, 9.17) is 11.6 Å². The summed E-state index contributed by atoms with van der Waals surface area (Å²) in [5, 5.41) is 26.9. The molecule has 0 unspecified atom stereocenters. The van der Waals surface area contributed by atoms with E-state index in [1.807, 2.05) is 19.1 Å². The summed E-state index contributed by atoms with van der Waals surface area (Å²) < 4.78 is 0. The summed E-state index contributed by atoms with van der Waals surface area (Å²) in [4.78, 5) is 20.6. The van der Waals surface area contributed by atoms with Gasteiger partial charge in [0.25, 0.3) is 5.69 Å². The Bertz CT molecular complexity index is 837. The van der Waals surface area contributed by atoms with Crippen LogP contribution in [0.2, 0.25) is 5.02 Å².